The lowest BCUT2D eigenvalue weighted by molar-refractivity contribution is 0.0123. The van der Waals surface area contributed by atoms with Crippen molar-refractivity contribution < 1.29 is 14.0 Å². The van der Waals surface area contributed by atoms with Gasteiger partial charge in [-0.1, -0.05) is 37.2 Å². The van der Waals surface area contributed by atoms with Gasteiger partial charge in [0.05, 0.1) is 12.3 Å². The summed E-state index contributed by atoms with van der Waals surface area (Å²) in [6.45, 7) is 5.12. The van der Waals surface area contributed by atoms with Crippen LogP contribution in [0.25, 0.3) is 0 Å². The number of halogens is 1. The lowest BCUT2D eigenvalue weighted by Crippen LogP contribution is -2.57. The van der Waals surface area contributed by atoms with Crippen LogP contribution in [0.2, 0.25) is 0 Å². The van der Waals surface area contributed by atoms with E-state index in [0.29, 0.717) is 30.5 Å². The van der Waals surface area contributed by atoms with Gasteiger partial charge in [-0.3, -0.25) is 0 Å². The molecule has 130 valence electrons. The first-order chi connectivity index (χ1) is 11.5. The summed E-state index contributed by atoms with van der Waals surface area (Å²) in [5, 5.41) is 16.5. The van der Waals surface area contributed by atoms with E-state index < -0.39 is 0 Å². The van der Waals surface area contributed by atoms with Gasteiger partial charge < -0.3 is 14.9 Å². The second-order valence-electron chi connectivity index (χ2n) is 7.24. The second kappa shape index (κ2) is 7.03. The number of aliphatic hydroxyl groups excluding tert-OH is 1. The molecular weight excluding hydrogens is 307 g/mol. The van der Waals surface area contributed by atoms with Crippen LogP contribution in [0.5, 0.6) is 0 Å². The molecule has 24 heavy (non-hydrogen) atoms. The van der Waals surface area contributed by atoms with E-state index in [4.69, 9.17) is 9.63 Å². The van der Waals surface area contributed by atoms with Crippen LogP contribution in [0.4, 0.5) is 4.39 Å². The van der Waals surface area contributed by atoms with Crippen molar-refractivity contribution in [3.05, 3.63) is 53.2 Å². The fraction of sp³-hybridized carbons (Fsp3) is 0.526. The first kappa shape index (κ1) is 17.1. The van der Waals surface area contributed by atoms with Crippen molar-refractivity contribution in [2.45, 2.75) is 45.7 Å². The third-order valence-electron chi connectivity index (χ3n) is 5.39. The largest absolute Gasteiger partial charge is 0.396 e. The summed E-state index contributed by atoms with van der Waals surface area (Å²) >= 11 is 0. The molecule has 2 atom stereocenters. The molecule has 4 nitrogen and oxygen atoms in total. The first-order valence-electron chi connectivity index (χ1n) is 8.53. The minimum atomic E-state index is -0.155. The quantitative estimate of drug-likeness (QED) is 0.818. The summed E-state index contributed by atoms with van der Waals surface area (Å²) in [6.07, 6.45) is 2.43. The minimum Gasteiger partial charge on any atom is -0.396 e. The van der Waals surface area contributed by atoms with E-state index in [1.165, 1.54) is 6.07 Å². The zero-order valence-corrected chi connectivity index (χ0v) is 14.3. The second-order valence-corrected chi connectivity index (χ2v) is 7.24. The lowest BCUT2D eigenvalue weighted by atomic mass is 9.57. The van der Waals surface area contributed by atoms with Gasteiger partial charge in [0.25, 0.3) is 0 Å². The SMILES string of the molecule is CC1(C)[C@H](Cc2cc(CCO)on2)C[C@@H]1NCc1ccccc1F. The van der Waals surface area contributed by atoms with Crippen molar-refractivity contribution in [1.29, 1.82) is 0 Å². The Kier molecular flexibility index (Phi) is 5.01. The molecule has 2 aromatic rings. The molecule has 1 aliphatic carbocycles. The molecule has 0 saturated heterocycles. The highest BCUT2D eigenvalue weighted by molar-refractivity contribution is 5.18. The number of nitrogens with zero attached hydrogens (tertiary/aromatic N) is 1. The average molecular weight is 332 g/mol. The standard InChI is InChI=1S/C19H25FN2O2/c1-19(2)14(9-15-11-16(7-8-23)24-22-15)10-18(19)21-12-13-5-3-4-6-17(13)20/h3-6,11,14,18,21,23H,7-10,12H2,1-2H3/t14-,18+/m1/s1. The first-order valence-corrected chi connectivity index (χ1v) is 8.53. The maximum absolute atomic E-state index is 13.7. The van der Waals surface area contributed by atoms with Crippen LogP contribution >= 0.6 is 0 Å². The number of hydrogen-bond donors (Lipinski definition) is 2. The summed E-state index contributed by atoms with van der Waals surface area (Å²) < 4.78 is 18.9. The number of hydrogen-bond acceptors (Lipinski definition) is 4. The van der Waals surface area contributed by atoms with Gasteiger partial charge in [0.1, 0.15) is 11.6 Å². The predicted molar refractivity (Wildman–Crippen MR) is 89.9 cm³/mol. The maximum Gasteiger partial charge on any atom is 0.139 e. The van der Waals surface area contributed by atoms with Crippen LogP contribution in [0.3, 0.4) is 0 Å². The van der Waals surface area contributed by atoms with Gasteiger partial charge in [-0.25, -0.2) is 4.39 Å². The number of aromatic nitrogens is 1. The van der Waals surface area contributed by atoms with Crippen LogP contribution in [0, 0.1) is 17.2 Å². The molecule has 0 amide bonds. The summed E-state index contributed by atoms with van der Waals surface area (Å²) in [5.41, 5.74) is 1.78. The van der Waals surface area contributed by atoms with Crippen LogP contribution in [0.1, 0.15) is 37.3 Å². The van der Waals surface area contributed by atoms with E-state index in [1.807, 2.05) is 18.2 Å². The molecule has 5 heteroatoms. The average Bonchev–Trinajstić information content (AvgIpc) is 2.99. The molecule has 3 rings (SSSR count). The Morgan fingerprint density at radius 1 is 1.38 bits per heavy atom. The Balaban J connectivity index is 1.53. The van der Waals surface area contributed by atoms with Gasteiger partial charge in [0, 0.05) is 30.6 Å². The fourth-order valence-corrected chi connectivity index (χ4v) is 3.52. The van der Waals surface area contributed by atoms with Crippen LogP contribution in [0.15, 0.2) is 34.9 Å². The summed E-state index contributed by atoms with van der Waals surface area (Å²) in [5.74, 6) is 1.10. The van der Waals surface area contributed by atoms with Crippen molar-refractivity contribution >= 4 is 0 Å². The number of rotatable bonds is 7. The van der Waals surface area contributed by atoms with Crippen LogP contribution in [-0.4, -0.2) is 22.9 Å². The number of nitrogens with one attached hydrogen (secondary N) is 1. The molecule has 1 heterocycles. The van der Waals surface area contributed by atoms with Crippen molar-refractivity contribution in [1.82, 2.24) is 10.5 Å². The van der Waals surface area contributed by atoms with Gasteiger partial charge in [-0.15, -0.1) is 0 Å². The molecule has 1 aromatic heterocycles. The third-order valence-corrected chi connectivity index (χ3v) is 5.39. The molecule has 1 aromatic carbocycles. The van der Waals surface area contributed by atoms with Crippen LogP contribution in [-0.2, 0) is 19.4 Å². The van der Waals surface area contributed by atoms with Crippen LogP contribution < -0.4 is 5.32 Å². The molecule has 0 unspecified atom stereocenters. The third kappa shape index (κ3) is 3.52. The Morgan fingerprint density at radius 2 is 2.17 bits per heavy atom. The molecule has 0 aliphatic heterocycles. The van der Waals surface area contributed by atoms with Crippen molar-refractivity contribution in [3.63, 3.8) is 0 Å². The van der Waals surface area contributed by atoms with Gasteiger partial charge in [-0.2, -0.15) is 0 Å². The molecule has 1 aliphatic rings. The summed E-state index contributed by atoms with van der Waals surface area (Å²) in [4.78, 5) is 0. The molecule has 0 spiro atoms. The van der Waals surface area contributed by atoms with E-state index in [2.05, 4.69) is 24.3 Å². The Labute approximate surface area is 142 Å². The van der Waals surface area contributed by atoms with Crippen molar-refractivity contribution in [2.75, 3.05) is 6.61 Å². The molecule has 2 N–H and O–H groups in total. The molecule has 1 fully saturated rings. The zero-order valence-electron chi connectivity index (χ0n) is 14.3. The number of benzene rings is 1. The van der Waals surface area contributed by atoms with E-state index >= 15 is 0 Å². The maximum atomic E-state index is 13.7. The van der Waals surface area contributed by atoms with Gasteiger partial charge in [0.15, 0.2) is 0 Å². The minimum absolute atomic E-state index is 0.0750. The van der Waals surface area contributed by atoms with E-state index in [9.17, 15) is 4.39 Å². The smallest absolute Gasteiger partial charge is 0.139 e. The van der Waals surface area contributed by atoms with E-state index in [1.54, 1.807) is 6.07 Å². The highest BCUT2D eigenvalue weighted by atomic mass is 19.1. The molecule has 1 saturated carbocycles. The lowest BCUT2D eigenvalue weighted by Gasteiger charge is -2.52. The van der Waals surface area contributed by atoms with Gasteiger partial charge >= 0.3 is 0 Å². The zero-order chi connectivity index (χ0) is 17.2. The topological polar surface area (TPSA) is 58.3 Å². The number of aliphatic hydroxyl groups is 1. The molecular formula is C19H25FN2O2. The molecule has 0 radical (unpaired) electrons. The molecule has 0 bridgehead atoms. The fourth-order valence-electron chi connectivity index (χ4n) is 3.52. The van der Waals surface area contributed by atoms with Crippen molar-refractivity contribution in [3.8, 4) is 0 Å². The predicted octanol–water partition coefficient (Wildman–Crippen LogP) is 3.10. The van der Waals surface area contributed by atoms with E-state index in [0.717, 1.165) is 24.3 Å². The van der Waals surface area contributed by atoms with Gasteiger partial charge in [-0.05, 0) is 30.2 Å². The monoisotopic (exact) mass is 332 g/mol. The Morgan fingerprint density at radius 3 is 2.88 bits per heavy atom. The van der Waals surface area contributed by atoms with Gasteiger partial charge in [0.2, 0.25) is 0 Å². The normalized spacial score (nSPS) is 22.3. The summed E-state index contributed by atoms with van der Waals surface area (Å²) in [7, 11) is 0. The Hall–Kier alpha value is -1.72. The highest BCUT2D eigenvalue weighted by Crippen LogP contribution is 2.47. The Bertz CT molecular complexity index is 684. The highest BCUT2D eigenvalue weighted by Gasteiger charge is 2.47. The summed E-state index contributed by atoms with van der Waals surface area (Å²) in [6, 6.07) is 9.20. The van der Waals surface area contributed by atoms with Crippen molar-refractivity contribution in [2.24, 2.45) is 11.3 Å². The van der Waals surface area contributed by atoms with E-state index in [-0.39, 0.29) is 17.8 Å².